The van der Waals surface area contributed by atoms with Crippen molar-refractivity contribution in [1.82, 2.24) is 9.97 Å². The van der Waals surface area contributed by atoms with E-state index in [4.69, 9.17) is 27.9 Å². The summed E-state index contributed by atoms with van der Waals surface area (Å²) < 4.78 is 5.25. The summed E-state index contributed by atoms with van der Waals surface area (Å²) in [6.45, 7) is 0.477. The number of nitrogens with zero attached hydrogens (tertiary/aromatic N) is 2. The van der Waals surface area contributed by atoms with Crippen molar-refractivity contribution in [3.63, 3.8) is 0 Å². The molecule has 2 aromatic rings. The zero-order valence-electron chi connectivity index (χ0n) is 9.65. The molecule has 94 valence electrons. The van der Waals surface area contributed by atoms with Gasteiger partial charge >= 0.3 is 0 Å². The van der Waals surface area contributed by atoms with Crippen molar-refractivity contribution >= 4 is 29.2 Å². The van der Waals surface area contributed by atoms with Gasteiger partial charge in [-0.15, -0.1) is 0 Å². The lowest BCUT2D eigenvalue weighted by atomic mass is 10.2. The van der Waals surface area contributed by atoms with Crippen LogP contribution in [0.3, 0.4) is 0 Å². The first-order valence-corrected chi connectivity index (χ1v) is 5.99. The Labute approximate surface area is 115 Å². The minimum atomic E-state index is 0.477. The van der Waals surface area contributed by atoms with Crippen molar-refractivity contribution in [2.24, 2.45) is 0 Å². The van der Waals surface area contributed by atoms with Crippen LogP contribution in [0, 0.1) is 0 Å². The van der Waals surface area contributed by atoms with E-state index >= 15 is 0 Å². The highest BCUT2D eigenvalue weighted by Gasteiger charge is 2.07. The molecule has 1 heterocycles. The number of halogens is 2. The summed E-state index contributed by atoms with van der Waals surface area (Å²) in [6, 6.07) is 5.50. The largest absolute Gasteiger partial charge is 0.496 e. The molecule has 0 unspecified atom stereocenters. The standard InChI is InChI=1S/C12H11Cl2N3O/c1-18-11-4-2-3-10(14)9(11)7-17-12-15-5-8(13)6-16-12/h2-6H,7H2,1H3,(H,15,16,17). The Morgan fingerprint density at radius 2 is 1.94 bits per heavy atom. The number of rotatable bonds is 4. The van der Waals surface area contributed by atoms with Gasteiger partial charge in [-0.1, -0.05) is 29.3 Å². The second kappa shape index (κ2) is 5.89. The lowest BCUT2D eigenvalue weighted by Crippen LogP contribution is -2.05. The normalized spacial score (nSPS) is 10.2. The molecule has 0 atom stereocenters. The van der Waals surface area contributed by atoms with Gasteiger partial charge < -0.3 is 10.1 Å². The molecule has 1 N–H and O–H groups in total. The van der Waals surface area contributed by atoms with Crippen LogP contribution >= 0.6 is 23.2 Å². The smallest absolute Gasteiger partial charge is 0.222 e. The lowest BCUT2D eigenvalue weighted by molar-refractivity contribution is 0.410. The van der Waals surface area contributed by atoms with Gasteiger partial charge in [-0.25, -0.2) is 9.97 Å². The van der Waals surface area contributed by atoms with E-state index in [-0.39, 0.29) is 0 Å². The van der Waals surface area contributed by atoms with E-state index in [0.29, 0.717) is 22.5 Å². The molecule has 0 aliphatic carbocycles. The van der Waals surface area contributed by atoms with Crippen LogP contribution in [-0.4, -0.2) is 17.1 Å². The summed E-state index contributed by atoms with van der Waals surface area (Å²) in [5, 5.41) is 4.19. The number of hydrogen-bond donors (Lipinski definition) is 1. The molecule has 0 radical (unpaired) electrons. The summed E-state index contributed by atoms with van der Waals surface area (Å²) in [4.78, 5) is 8.08. The van der Waals surface area contributed by atoms with E-state index in [1.807, 2.05) is 18.2 Å². The Morgan fingerprint density at radius 3 is 2.61 bits per heavy atom. The first-order chi connectivity index (χ1) is 8.70. The molecule has 0 bridgehead atoms. The van der Waals surface area contributed by atoms with Gasteiger partial charge in [-0.2, -0.15) is 0 Å². The van der Waals surface area contributed by atoms with E-state index in [0.717, 1.165) is 11.3 Å². The monoisotopic (exact) mass is 283 g/mol. The third kappa shape index (κ3) is 3.03. The second-order valence-electron chi connectivity index (χ2n) is 3.50. The molecule has 6 heteroatoms. The minimum absolute atomic E-state index is 0.477. The summed E-state index contributed by atoms with van der Waals surface area (Å²) in [5.41, 5.74) is 0.861. The van der Waals surface area contributed by atoms with E-state index in [1.165, 1.54) is 12.4 Å². The third-order valence-electron chi connectivity index (χ3n) is 2.34. The number of anilines is 1. The molecule has 0 amide bonds. The van der Waals surface area contributed by atoms with Crippen molar-refractivity contribution in [3.8, 4) is 5.75 Å². The highest BCUT2D eigenvalue weighted by molar-refractivity contribution is 6.31. The van der Waals surface area contributed by atoms with Crippen molar-refractivity contribution in [3.05, 3.63) is 46.2 Å². The van der Waals surface area contributed by atoms with Gasteiger partial charge in [0.2, 0.25) is 5.95 Å². The van der Waals surface area contributed by atoms with Crippen molar-refractivity contribution in [2.45, 2.75) is 6.54 Å². The Hall–Kier alpha value is -1.52. The van der Waals surface area contributed by atoms with Crippen LogP contribution in [0.25, 0.3) is 0 Å². The lowest BCUT2D eigenvalue weighted by Gasteiger charge is -2.11. The van der Waals surface area contributed by atoms with Gasteiger partial charge in [-0.3, -0.25) is 0 Å². The molecule has 4 nitrogen and oxygen atoms in total. The average Bonchev–Trinajstić information content (AvgIpc) is 2.39. The van der Waals surface area contributed by atoms with Gasteiger partial charge in [0.15, 0.2) is 0 Å². The van der Waals surface area contributed by atoms with Crippen molar-refractivity contribution in [1.29, 1.82) is 0 Å². The summed E-state index contributed by atoms with van der Waals surface area (Å²) in [7, 11) is 1.61. The van der Waals surface area contributed by atoms with E-state index in [2.05, 4.69) is 15.3 Å². The molecule has 2 rings (SSSR count). The van der Waals surface area contributed by atoms with E-state index < -0.39 is 0 Å². The van der Waals surface area contributed by atoms with Crippen molar-refractivity contribution < 1.29 is 4.74 Å². The topological polar surface area (TPSA) is 47.0 Å². The molecular weight excluding hydrogens is 273 g/mol. The first-order valence-electron chi connectivity index (χ1n) is 5.23. The molecule has 1 aromatic carbocycles. The van der Waals surface area contributed by atoms with Crippen LogP contribution in [0.5, 0.6) is 5.75 Å². The molecule has 0 saturated heterocycles. The zero-order chi connectivity index (χ0) is 13.0. The fourth-order valence-corrected chi connectivity index (χ4v) is 1.80. The van der Waals surface area contributed by atoms with Crippen molar-refractivity contribution in [2.75, 3.05) is 12.4 Å². The van der Waals surface area contributed by atoms with Crippen LogP contribution in [-0.2, 0) is 6.54 Å². The summed E-state index contributed by atoms with van der Waals surface area (Å²) >= 11 is 11.8. The zero-order valence-corrected chi connectivity index (χ0v) is 11.2. The quantitative estimate of drug-likeness (QED) is 0.934. The van der Waals surface area contributed by atoms with Gasteiger partial charge in [0.05, 0.1) is 24.5 Å². The highest BCUT2D eigenvalue weighted by atomic mass is 35.5. The van der Waals surface area contributed by atoms with Crippen LogP contribution in [0.4, 0.5) is 5.95 Å². The maximum Gasteiger partial charge on any atom is 0.222 e. The fraction of sp³-hybridized carbons (Fsp3) is 0.167. The predicted molar refractivity (Wildman–Crippen MR) is 72.4 cm³/mol. The van der Waals surface area contributed by atoms with Gasteiger partial charge in [-0.05, 0) is 12.1 Å². The number of methoxy groups -OCH3 is 1. The molecule has 1 aromatic heterocycles. The Balaban J connectivity index is 2.12. The third-order valence-corrected chi connectivity index (χ3v) is 2.89. The molecule has 18 heavy (non-hydrogen) atoms. The van der Waals surface area contributed by atoms with Crippen LogP contribution in [0.15, 0.2) is 30.6 Å². The van der Waals surface area contributed by atoms with Gasteiger partial charge in [0, 0.05) is 17.1 Å². The number of nitrogens with one attached hydrogen (secondary N) is 1. The average molecular weight is 284 g/mol. The molecular formula is C12H11Cl2N3O. The van der Waals surface area contributed by atoms with Gasteiger partial charge in [0.1, 0.15) is 5.75 Å². The Kier molecular flexibility index (Phi) is 4.23. The highest BCUT2D eigenvalue weighted by Crippen LogP contribution is 2.26. The number of hydrogen-bond acceptors (Lipinski definition) is 4. The minimum Gasteiger partial charge on any atom is -0.496 e. The van der Waals surface area contributed by atoms with Gasteiger partial charge in [0.25, 0.3) is 0 Å². The number of ether oxygens (including phenoxy) is 1. The second-order valence-corrected chi connectivity index (χ2v) is 4.34. The summed E-state index contributed by atoms with van der Waals surface area (Å²) in [6.07, 6.45) is 3.06. The predicted octanol–water partition coefficient (Wildman–Crippen LogP) is 3.40. The molecule has 0 aliphatic rings. The first kappa shape index (κ1) is 12.9. The Bertz CT molecular complexity index is 531. The van der Waals surface area contributed by atoms with Crippen LogP contribution in [0.1, 0.15) is 5.56 Å². The SMILES string of the molecule is COc1cccc(Cl)c1CNc1ncc(Cl)cn1. The number of aromatic nitrogens is 2. The number of benzene rings is 1. The Morgan fingerprint density at radius 1 is 1.22 bits per heavy atom. The fourth-order valence-electron chi connectivity index (χ4n) is 1.47. The molecule has 0 aliphatic heterocycles. The maximum absolute atomic E-state index is 6.12. The van der Waals surface area contributed by atoms with E-state index in [1.54, 1.807) is 7.11 Å². The van der Waals surface area contributed by atoms with E-state index in [9.17, 15) is 0 Å². The molecule has 0 spiro atoms. The maximum atomic E-state index is 6.12. The van der Waals surface area contributed by atoms with Crippen LogP contribution in [0.2, 0.25) is 10.0 Å². The molecule has 0 fully saturated rings. The molecule has 0 saturated carbocycles. The summed E-state index contributed by atoms with van der Waals surface area (Å²) in [5.74, 6) is 1.21. The van der Waals surface area contributed by atoms with Crippen LogP contribution < -0.4 is 10.1 Å².